The molecule has 9 nitrogen and oxygen atoms in total. The number of aromatic nitrogens is 1. The van der Waals surface area contributed by atoms with Gasteiger partial charge in [-0.1, -0.05) is 18.2 Å². The van der Waals surface area contributed by atoms with E-state index in [1.807, 2.05) is 18.4 Å². The molecule has 1 fully saturated rings. The Labute approximate surface area is 182 Å². The molecule has 160 valence electrons. The van der Waals surface area contributed by atoms with Crippen molar-refractivity contribution in [2.75, 3.05) is 4.90 Å². The Balaban J connectivity index is 1.74. The Bertz CT molecular complexity index is 1290. The van der Waals surface area contributed by atoms with E-state index in [1.165, 1.54) is 18.2 Å². The number of rotatable bonds is 4. The fourth-order valence-electron chi connectivity index (χ4n) is 3.68. The van der Waals surface area contributed by atoms with E-state index in [0.29, 0.717) is 16.9 Å². The molecular weight excluding hydrogens is 412 g/mol. The molecule has 0 bridgehead atoms. The molecule has 1 aliphatic rings. The maximum absolute atomic E-state index is 13.0. The van der Waals surface area contributed by atoms with Gasteiger partial charge in [-0.2, -0.15) is 0 Å². The van der Waals surface area contributed by atoms with Crippen LogP contribution < -0.4 is 10.2 Å². The van der Waals surface area contributed by atoms with Gasteiger partial charge in [0.15, 0.2) is 0 Å². The number of imide groups is 2. The predicted octanol–water partition coefficient (Wildman–Crippen LogP) is 3.67. The molecule has 1 aromatic heterocycles. The molecule has 0 unspecified atom stereocenters. The van der Waals surface area contributed by atoms with Gasteiger partial charge in [-0.15, -0.1) is 0 Å². The smallest absolute Gasteiger partial charge is 0.318 e. The molecule has 3 aromatic rings. The second-order valence-electron chi connectivity index (χ2n) is 7.23. The van der Waals surface area contributed by atoms with Crippen LogP contribution >= 0.6 is 0 Å². The molecule has 32 heavy (non-hydrogen) atoms. The van der Waals surface area contributed by atoms with Gasteiger partial charge in [0.2, 0.25) is 0 Å². The number of nitrogens with one attached hydrogen (secondary N) is 1. The predicted molar refractivity (Wildman–Crippen MR) is 117 cm³/mol. The number of nitro groups is 1. The number of carbonyl (C=O) groups excluding carboxylic acids is 3. The van der Waals surface area contributed by atoms with Gasteiger partial charge in [0.25, 0.3) is 17.5 Å². The number of barbiturate groups is 1. The third-order valence-electron chi connectivity index (χ3n) is 5.20. The third-order valence-corrected chi connectivity index (χ3v) is 5.20. The summed E-state index contributed by atoms with van der Waals surface area (Å²) in [5.41, 5.74) is 3.02. The molecule has 0 saturated carbocycles. The van der Waals surface area contributed by atoms with Gasteiger partial charge in [-0.3, -0.25) is 25.0 Å². The van der Waals surface area contributed by atoms with Crippen molar-refractivity contribution < 1.29 is 19.3 Å². The average Bonchev–Trinajstić information content (AvgIpc) is 3.04. The van der Waals surface area contributed by atoms with Gasteiger partial charge >= 0.3 is 6.03 Å². The Kier molecular flexibility index (Phi) is 5.15. The van der Waals surface area contributed by atoms with Crippen LogP contribution in [0.2, 0.25) is 0 Å². The summed E-state index contributed by atoms with van der Waals surface area (Å²) in [6, 6.07) is 15.4. The normalized spacial score (nSPS) is 15.2. The molecule has 1 N–H and O–H groups in total. The molecule has 1 aliphatic heterocycles. The number of amides is 4. The van der Waals surface area contributed by atoms with Crippen LogP contribution in [0.5, 0.6) is 0 Å². The number of aryl methyl sites for hydroxylation is 1. The topological polar surface area (TPSA) is 115 Å². The first-order valence-electron chi connectivity index (χ1n) is 9.68. The van der Waals surface area contributed by atoms with Crippen molar-refractivity contribution in [3.05, 3.63) is 93.3 Å². The quantitative estimate of drug-likeness (QED) is 0.294. The number of hydrogen-bond donors (Lipinski definition) is 1. The van der Waals surface area contributed by atoms with Crippen molar-refractivity contribution in [2.24, 2.45) is 0 Å². The van der Waals surface area contributed by atoms with E-state index in [-0.39, 0.29) is 11.3 Å². The molecule has 0 spiro atoms. The molecule has 0 aliphatic carbocycles. The van der Waals surface area contributed by atoms with Crippen molar-refractivity contribution in [3.8, 4) is 5.69 Å². The minimum Gasteiger partial charge on any atom is -0.318 e. The number of non-ortho nitro benzene ring substituents is 1. The highest BCUT2D eigenvalue weighted by molar-refractivity contribution is 6.39. The van der Waals surface area contributed by atoms with Gasteiger partial charge < -0.3 is 4.57 Å². The Morgan fingerprint density at radius 3 is 2.22 bits per heavy atom. The summed E-state index contributed by atoms with van der Waals surface area (Å²) in [5.74, 6) is -1.49. The highest BCUT2D eigenvalue weighted by Crippen LogP contribution is 2.26. The summed E-state index contributed by atoms with van der Waals surface area (Å²) < 4.78 is 1.86. The van der Waals surface area contributed by atoms with Gasteiger partial charge in [-0.25, -0.2) is 9.69 Å². The van der Waals surface area contributed by atoms with Crippen LogP contribution in [0.15, 0.2) is 66.2 Å². The summed E-state index contributed by atoms with van der Waals surface area (Å²) in [6.45, 7) is 3.66. The van der Waals surface area contributed by atoms with Crippen LogP contribution in [0, 0.1) is 24.0 Å². The summed E-state index contributed by atoms with van der Waals surface area (Å²) >= 11 is 0. The molecule has 2 heterocycles. The van der Waals surface area contributed by atoms with E-state index in [2.05, 4.69) is 5.32 Å². The average molecular weight is 430 g/mol. The second-order valence-corrected chi connectivity index (χ2v) is 7.23. The summed E-state index contributed by atoms with van der Waals surface area (Å²) in [7, 11) is 0. The van der Waals surface area contributed by atoms with Crippen LogP contribution in [-0.2, 0) is 9.59 Å². The lowest BCUT2D eigenvalue weighted by Gasteiger charge is -2.26. The molecule has 9 heteroatoms. The molecule has 0 atom stereocenters. The van der Waals surface area contributed by atoms with Gasteiger partial charge in [0.1, 0.15) is 5.57 Å². The van der Waals surface area contributed by atoms with Crippen molar-refractivity contribution in [1.82, 2.24) is 9.88 Å². The van der Waals surface area contributed by atoms with Crippen LogP contribution in [0.4, 0.5) is 16.2 Å². The zero-order valence-electron chi connectivity index (χ0n) is 17.2. The number of nitrogens with zero attached hydrogens (tertiary/aromatic N) is 3. The Morgan fingerprint density at radius 2 is 1.59 bits per heavy atom. The maximum Gasteiger partial charge on any atom is 0.335 e. The third kappa shape index (κ3) is 3.56. The van der Waals surface area contributed by atoms with Gasteiger partial charge in [0, 0.05) is 29.2 Å². The largest absolute Gasteiger partial charge is 0.335 e. The number of hydrogen-bond acceptors (Lipinski definition) is 5. The standard InChI is InChI=1S/C23H18N4O5/c1-14-12-16(15(2)25(14)18-8-10-19(11-9-18)27(31)32)13-20-21(28)24-23(30)26(22(20)29)17-6-4-3-5-7-17/h3-13H,1-2H3,(H,24,28,30)/b20-13-. The van der Waals surface area contributed by atoms with Crippen LogP contribution in [0.3, 0.4) is 0 Å². The molecule has 2 aromatic carbocycles. The lowest BCUT2D eigenvalue weighted by atomic mass is 10.1. The monoisotopic (exact) mass is 430 g/mol. The minimum absolute atomic E-state index is 0.0197. The molecule has 4 rings (SSSR count). The number of carbonyl (C=O) groups is 3. The molecule has 0 radical (unpaired) electrons. The van der Waals surface area contributed by atoms with E-state index in [9.17, 15) is 24.5 Å². The molecule has 1 saturated heterocycles. The highest BCUT2D eigenvalue weighted by atomic mass is 16.6. The summed E-state index contributed by atoms with van der Waals surface area (Å²) in [4.78, 5) is 49.1. The number of urea groups is 1. The zero-order valence-corrected chi connectivity index (χ0v) is 17.2. The first-order chi connectivity index (χ1) is 15.3. The van der Waals surface area contributed by atoms with Crippen molar-refractivity contribution in [3.63, 3.8) is 0 Å². The number of nitro benzene ring substituents is 1. The van der Waals surface area contributed by atoms with E-state index in [4.69, 9.17) is 0 Å². The number of para-hydroxylation sites is 1. The van der Waals surface area contributed by atoms with Crippen LogP contribution in [0.25, 0.3) is 11.8 Å². The first kappa shape index (κ1) is 20.7. The molecular formula is C23H18N4O5. The zero-order chi connectivity index (χ0) is 23.0. The number of anilines is 1. The Morgan fingerprint density at radius 1 is 0.938 bits per heavy atom. The fraction of sp³-hybridized carbons (Fsp3) is 0.0870. The fourth-order valence-corrected chi connectivity index (χ4v) is 3.68. The SMILES string of the molecule is Cc1cc(/C=C2/C(=O)NC(=O)N(c3ccccc3)C2=O)c(C)n1-c1ccc([N+](=O)[O-])cc1. The van der Waals surface area contributed by atoms with Gasteiger partial charge in [0.05, 0.1) is 10.6 Å². The lowest BCUT2D eigenvalue weighted by Crippen LogP contribution is -2.54. The van der Waals surface area contributed by atoms with E-state index in [1.54, 1.807) is 48.5 Å². The van der Waals surface area contributed by atoms with E-state index < -0.39 is 22.8 Å². The van der Waals surface area contributed by atoms with E-state index >= 15 is 0 Å². The molecule has 4 amide bonds. The summed E-state index contributed by atoms with van der Waals surface area (Å²) in [6.07, 6.45) is 1.45. The van der Waals surface area contributed by atoms with Crippen molar-refractivity contribution in [1.29, 1.82) is 0 Å². The van der Waals surface area contributed by atoms with Crippen molar-refractivity contribution in [2.45, 2.75) is 13.8 Å². The first-order valence-corrected chi connectivity index (χ1v) is 9.68. The van der Waals surface area contributed by atoms with Crippen molar-refractivity contribution >= 4 is 35.3 Å². The van der Waals surface area contributed by atoms with E-state index in [0.717, 1.165) is 16.3 Å². The number of benzene rings is 2. The van der Waals surface area contributed by atoms with Gasteiger partial charge in [-0.05, 0) is 55.8 Å². The maximum atomic E-state index is 13.0. The second kappa shape index (κ2) is 7.95. The van der Waals surface area contributed by atoms with Crippen LogP contribution in [0.1, 0.15) is 17.0 Å². The minimum atomic E-state index is -0.806. The highest BCUT2D eigenvalue weighted by Gasteiger charge is 2.36. The summed E-state index contributed by atoms with van der Waals surface area (Å²) in [5, 5.41) is 13.1. The Hall–Kier alpha value is -4.53. The van der Waals surface area contributed by atoms with Crippen LogP contribution in [-0.4, -0.2) is 27.3 Å². The lowest BCUT2D eigenvalue weighted by molar-refractivity contribution is -0.384.